The lowest BCUT2D eigenvalue weighted by molar-refractivity contribution is -0.126. The fraction of sp³-hybridized carbons (Fsp3) is 0.500. The molecule has 1 aliphatic carbocycles. The van der Waals surface area contributed by atoms with E-state index < -0.39 is 0 Å². The third-order valence-corrected chi connectivity index (χ3v) is 3.62. The van der Waals surface area contributed by atoms with E-state index in [1.165, 1.54) is 7.11 Å². The zero-order chi connectivity index (χ0) is 16.5. The van der Waals surface area contributed by atoms with Crippen LogP contribution in [0.5, 0.6) is 5.75 Å². The van der Waals surface area contributed by atoms with Crippen LogP contribution in [0.15, 0.2) is 18.2 Å². The summed E-state index contributed by atoms with van der Waals surface area (Å²) in [6.07, 6.45) is 0.566. The second-order valence-corrected chi connectivity index (χ2v) is 6.96. The van der Waals surface area contributed by atoms with E-state index in [0.717, 1.165) is 0 Å². The van der Waals surface area contributed by atoms with Crippen LogP contribution < -0.4 is 15.4 Å². The van der Waals surface area contributed by atoms with Crippen LogP contribution in [-0.4, -0.2) is 24.5 Å². The van der Waals surface area contributed by atoms with Crippen molar-refractivity contribution in [2.24, 2.45) is 11.8 Å². The predicted octanol–water partition coefficient (Wildman–Crippen LogP) is 2.84. The summed E-state index contributed by atoms with van der Waals surface area (Å²) in [5.41, 5.74) is 0.221. The molecule has 0 aliphatic heterocycles. The normalized spacial score (nSPS) is 20.2. The first-order chi connectivity index (χ1) is 10.2. The maximum atomic E-state index is 12.2. The Morgan fingerprint density at radius 2 is 1.86 bits per heavy atom. The summed E-state index contributed by atoms with van der Waals surface area (Å²) in [5.74, 6) is -0.287. The van der Waals surface area contributed by atoms with Crippen LogP contribution in [-0.2, 0) is 9.59 Å². The summed E-state index contributed by atoms with van der Waals surface area (Å²) in [6.45, 7) is 5.75. The minimum Gasteiger partial charge on any atom is -0.495 e. The molecule has 1 aromatic rings. The molecule has 2 rings (SSSR count). The number of ether oxygens (including phenoxy) is 1. The lowest BCUT2D eigenvalue weighted by Gasteiger charge is -2.20. The highest BCUT2D eigenvalue weighted by molar-refractivity contribution is 6.31. The van der Waals surface area contributed by atoms with Crippen LogP contribution in [0.2, 0.25) is 5.02 Å². The van der Waals surface area contributed by atoms with Crippen molar-refractivity contribution in [3.05, 3.63) is 23.2 Å². The first-order valence-electron chi connectivity index (χ1n) is 7.17. The molecule has 0 spiro atoms. The van der Waals surface area contributed by atoms with Gasteiger partial charge in [0, 0.05) is 10.6 Å². The number of methoxy groups -OCH3 is 1. The summed E-state index contributed by atoms with van der Waals surface area (Å²) in [4.78, 5) is 24.3. The number of anilines is 1. The van der Waals surface area contributed by atoms with Crippen molar-refractivity contribution in [1.82, 2.24) is 5.32 Å². The third kappa shape index (κ3) is 4.13. The van der Waals surface area contributed by atoms with Gasteiger partial charge in [-0.1, -0.05) is 11.6 Å². The molecule has 5 nitrogen and oxygen atoms in total. The van der Waals surface area contributed by atoms with Crippen molar-refractivity contribution >= 4 is 29.1 Å². The zero-order valence-electron chi connectivity index (χ0n) is 13.2. The summed E-state index contributed by atoms with van der Waals surface area (Å²) >= 11 is 5.93. The monoisotopic (exact) mass is 324 g/mol. The number of nitrogens with one attached hydrogen (secondary N) is 2. The van der Waals surface area contributed by atoms with Gasteiger partial charge in [-0.2, -0.15) is 0 Å². The Bertz CT molecular complexity index is 596. The van der Waals surface area contributed by atoms with Crippen molar-refractivity contribution in [3.8, 4) is 5.75 Å². The van der Waals surface area contributed by atoms with Gasteiger partial charge in [-0.15, -0.1) is 0 Å². The van der Waals surface area contributed by atoms with Crippen LogP contribution in [0.3, 0.4) is 0 Å². The van der Waals surface area contributed by atoms with E-state index >= 15 is 0 Å². The molecule has 2 amide bonds. The van der Waals surface area contributed by atoms with E-state index in [2.05, 4.69) is 10.6 Å². The van der Waals surface area contributed by atoms with Gasteiger partial charge in [0.25, 0.3) is 0 Å². The smallest absolute Gasteiger partial charge is 0.228 e. The highest BCUT2D eigenvalue weighted by Gasteiger charge is 2.48. The Balaban J connectivity index is 1.98. The highest BCUT2D eigenvalue weighted by Crippen LogP contribution is 2.40. The number of carbonyl (C=O) groups excluding carboxylic acids is 2. The molecule has 0 saturated heterocycles. The van der Waals surface area contributed by atoms with Crippen LogP contribution in [0.25, 0.3) is 0 Å². The zero-order valence-corrected chi connectivity index (χ0v) is 14.0. The van der Waals surface area contributed by atoms with Crippen LogP contribution >= 0.6 is 11.6 Å². The van der Waals surface area contributed by atoms with Crippen molar-refractivity contribution in [3.63, 3.8) is 0 Å². The van der Waals surface area contributed by atoms with Gasteiger partial charge in [0.15, 0.2) is 0 Å². The second kappa shape index (κ2) is 6.16. The molecule has 1 aromatic carbocycles. The standard InChI is InChI=1S/C16H21ClN2O3/c1-16(2,3)19-15(21)11-8-10(11)14(20)18-12-7-9(17)5-6-13(12)22-4/h5-7,10-11H,8H2,1-4H3,(H,18,20)(H,19,21). The summed E-state index contributed by atoms with van der Waals surface area (Å²) < 4.78 is 5.19. The molecule has 2 atom stereocenters. The molecule has 6 heteroatoms. The molecule has 0 aromatic heterocycles. The number of carbonyl (C=O) groups is 2. The second-order valence-electron chi connectivity index (χ2n) is 6.52. The van der Waals surface area contributed by atoms with E-state index in [9.17, 15) is 9.59 Å². The quantitative estimate of drug-likeness (QED) is 0.895. The van der Waals surface area contributed by atoms with Gasteiger partial charge in [-0.25, -0.2) is 0 Å². The number of benzene rings is 1. The molecule has 22 heavy (non-hydrogen) atoms. The number of hydrogen-bond acceptors (Lipinski definition) is 3. The Morgan fingerprint density at radius 1 is 1.23 bits per heavy atom. The minimum absolute atomic E-state index is 0.0780. The van der Waals surface area contributed by atoms with Gasteiger partial charge >= 0.3 is 0 Å². The predicted molar refractivity (Wildman–Crippen MR) is 86.1 cm³/mol. The van der Waals surface area contributed by atoms with Gasteiger partial charge in [0.1, 0.15) is 5.75 Å². The van der Waals surface area contributed by atoms with Gasteiger partial charge in [0.2, 0.25) is 11.8 Å². The van der Waals surface area contributed by atoms with Crippen LogP contribution in [0.1, 0.15) is 27.2 Å². The van der Waals surface area contributed by atoms with Crippen molar-refractivity contribution in [2.45, 2.75) is 32.7 Å². The largest absolute Gasteiger partial charge is 0.495 e. The van der Waals surface area contributed by atoms with E-state index in [1.54, 1.807) is 18.2 Å². The maximum Gasteiger partial charge on any atom is 0.228 e. The molecular weight excluding hydrogens is 304 g/mol. The molecule has 1 saturated carbocycles. The lowest BCUT2D eigenvalue weighted by Crippen LogP contribution is -2.42. The Morgan fingerprint density at radius 3 is 2.45 bits per heavy atom. The van der Waals surface area contributed by atoms with E-state index in [0.29, 0.717) is 22.9 Å². The average molecular weight is 325 g/mol. The van der Waals surface area contributed by atoms with Crippen LogP contribution in [0.4, 0.5) is 5.69 Å². The molecule has 0 bridgehead atoms. The maximum absolute atomic E-state index is 12.2. The SMILES string of the molecule is COc1ccc(Cl)cc1NC(=O)C1CC1C(=O)NC(C)(C)C. The number of hydrogen-bond donors (Lipinski definition) is 2. The topological polar surface area (TPSA) is 67.4 Å². The number of halogens is 1. The fourth-order valence-electron chi connectivity index (χ4n) is 2.24. The summed E-state index contributed by atoms with van der Waals surface area (Å²) in [6, 6.07) is 5.01. The van der Waals surface area contributed by atoms with Gasteiger partial charge in [-0.3, -0.25) is 9.59 Å². The Hall–Kier alpha value is -1.75. The molecule has 1 aliphatic rings. The Labute approximate surface area is 135 Å². The molecular formula is C16H21ClN2O3. The lowest BCUT2D eigenvalue weighted by atomic mass is 10.1. The highest BCUT2D eigenvalue weighted by atomic mass is 35.5. The van der Waals surface area contributed by atoms with Crippen LogP contribution in [0, 0.1) is 11.8 Å². The molecule has 0 radical (unpaired) electrons. The number of rotatable bonds is 4. The molecule has 2 N–H and O–H groups in total. The molecule has 0 heterocycles. The first kappa shape index (κ1) is 16.6. The van der Waals surface area contributed by atoms with Crippen molar-refractivity contribution < 1.29 is 14.3 Å². The summed E-state index contributed by atoms with van der Waals surface area (Å²) in [7, 11) is 1.52. The fourth-order valence-corrected chi connectivity index (χ4v) is 2.41. The Kier molecular flexibility index (Phi) is 4.66. The van der Waals surface area contributed by atoms with E-state index in [1.807, 2.05) is 20.8 Å². The van der Waals surface area contributed by atoms with Crippen molar-refractivity contribution in [2.75, 3.05) is 12.4 Å². The minimum atomic E-state index is -0.300. The number of amides is 2. The van der Waals surface area contributed by atoms with E-state index in [4.69, 9.17) is 16.3 Å². The molecule has 2 unspecified atom stereocenters. The van der Waals surface area contributed by atoms with Crippen molar-refractivity contribution in [1.29, 1.82) is 0 Å². The molecule has 120 valence electrons. The van der Waals surface area contributed by atoms with Gasteiger partial charge in [-0.05, 0) is 45.4 Å². The average Bonchev–Trinajstić information content (AvgIpc) is 3.17. The van der Waals surface area contributed by atoms with Gasteiger partial charge in [0.05, 0.1) is 24.6 Å². The first-order valence-corrected chi connectivity index (χ1v) is 7.55. The molecule has 1 fully saturated rings. The van der Waals surface area contributed by atoms with E-state index in [-0.39, 0.29) is 29.2 Å². The summed E-state index contributed by atoms with van der Waals surface area (Å²) in [5, 5.41) is 6.19. The third-order valence-electron chi connectivity index (χ3n) is 3.38. The van der Waals surface area contributed by atoms with Gasteiger partial charge < -0.3 is 15.4 Å².